The number of benzene rings is 1. The van der Waals surface area contributed by atoms with Gasteiger partial charge in [0.25, 0.3) is 0 Å². The fraction of sp³-hybridized carbons (Fsp3) is 0.357. The van der Waals surface area contributed by atoms with Crippen molar-refractivity contribution in [2.75, 3.05) is 0 Å². The second kappa shape index (κ2) is 4.92. The van der Waals surface area contributed by atoms with Gasteiger partial charge in [-0.3, -0.25) is 0 Å². The third kappa shape index (κ3) is 4.20. The van der Waals surface area contributed by atoms with Gasteiger partial charge in [0.15, 0.2) is 0 Å². The van der Waals surface area contributed by atoms with Gasteiger partial charge in [0.05, 0.1) is 5.56 Å². The molecule has 0 aliphatic rings. The summed E-state index contributed by atoms with van der Waals surface area (Å²) in [5.74, 6) is 2.81. The number of aryl methyl sites for hydroxylation is 1. The van der Waals surface area contributed by atoms with Crippen molar-refractivity contribution in [3.8, 4) is 18.1 Å². The lowest BCUT2D eigenvalue weighted by molar-refractivity contribution is 0.0205. The molecule has 0 amide bonds. The Bertz CT molecular complexity index is 461. The molecule has 17 heavy (non-hydrogen) atoms. The predicted molar refractivity (Wildman–Crippen MR) is 66.0 cm³/mol. The molecule has 0 unspecified atom stereocenters. The van der Waals surface area contributed by atoms with Crippen LogP contribution in [-0.4, -0.2) is 11.8 Å². The van der Waals surface area contributed by atoms with Gasteiger partial charge >= 0.3 is 6.16 Å². The van der Waals surface area contributed by atoms with E-state index in [1.807, 2.05) is 13.0 Å². The molecule has 0 bridgehead atoms. The molecule has 0 heterocycles. The van der Waals surface area contributed by atoms with Crippen LogP contribution < -0.4 is 4.74 Å². The molecule has 0 saturated carbocycles. The van der Waals surface area contributed by atoms with Gasteiger partial charge in [-0.25, -0.2) is 4.79 Å². The Morgan fingerprint density at radius 2 is 2.00 bits per heavy atom. The van der Waals surface area contributed by atoms with Crippen LogP contribution in [0.25, 0.3) is 0 Å². The first-order valence-electron chi connectivity index (χ1n) is 5.30. The van der Waals surface area contributed by atoms with Crippen molar-refractivity contribution in [2.24, 2.45) is 0 Å². The van der Waals surface area contributed by atoms with Gasteiger partial charge in [0.1, 0.15) is 11.4 Å². The van der Waals surface area contributed by atoms with Crippen molar-refractivity contribution in [3.63, 3.8) is 0 Å². The maximum atomic E-state index is 11.5. The molecule has 0 aliphatic heterocycles. The molecule has 0 spiro atoms. The average Bonchev–Trinajstić information content (AvgIpc) is 2.17. The van der Waals surface area contributed by atoms with Crippen LogP contribution in [0.2, 0.25) is 0 Å². The number of terminal acetylenes is 1. The van der Waals surface area contributed by atoms with Gasteiger partial charge in [0.2, 0.25) is 0 Å². The molecule has 0 radical (unpaired) electrons. The van der Waals surface area contributed by atoms with Gasteiger partial charge in [-0.05, 0) is 45.4 Å². The van der Waals surface area contributed by atoms with Crippen LogP contribution in [0.5, 0.6) is 5.75 Å². The number of ether oxygens (including phenoxy) is 2. The number of hydrogen-bond acceptors (Lipinski definition) is 3. The summed E-state index contributed by atoms with van der Waals surface area (Å²) in [6, 6.07) is 5.26. The molecule has 1 rings (SSSR count). The molecule has 0 aliphatic carbocycles. The zero-order chi connectivity index (χ0) is 13.1. The Labute approximate surface area is 102 Å². The summed E-state index contributed by atoms with van der Waals surface area (Å²) in [6.07, 6.45) is 4.59. The minimum absolute atomic E-state index is 0.340. The topological polar surface area (TPSA) is 35.5 Å². The zero-order valence-corrected chi connectivity index (χ0v) is 10.5. The highest BCUT2D eigenvalue weighted by Gasteiger charge is 2.18. The van der Waals surface area contributed by atoms with Gasteiger partial charge in [-0.2, -0.15) is 0 Å². The fourth-order valence-corrected chi connectivity index (χ4v) is 1.21. The number of carbonyl (C=O) groups is 1. The Hall–Kier alpha value is -1.95. The average molecular weight is 232 g/mol. The van der Waals surface area contributed by atoms with E-state index in [-0.39, 0.29) is 0 Å². The maximum absolute atomic E-state index is 11.5. The molecule has 0 saturated heterocycles. The van der Waals surface area contributed by atoms with Crippen molar-refractivity contribution in [1.82, 2.24) is 0 Å². The lowest BCUT2D eigenvalue weighted by Gasteiger charge is -2.19. The van der Waals surface area contributed by atoms with E-state index >= 15 is 0 Å². The molecule has 0 N–H and O–H groups in total. The van der Waals surface area contributed by atoms with Crippen LogP contribution in [-0.2, 0) is 4.74 Å². The Morgan fingerprint density at radius 3 is 2.53 bits per heavy atom. The largest absolute Gasteiger partial charge is 0.514 e. The van der Waals surface area contributed by atoms with Gasteiger partial charge in [-0.15, -0.1) is 6.42 Å². The zero-order valence-electron chi connectivity index (χ0n) is 10.5. The van der Waals surface area contributed by atoms with E-state index in [0.29, 0.717) is 11.3 Å². The molecular weight excluding hydrogens is 216 g/mol. The molecule has 0 aromatic heterocycles. The lowest BCUT2D eigenvalue weighted by atomic mass is 10.1. The van der Waals surface area contributed by atoms with Crippen LogP contribution in [0, 0.1) is 19.3 Å². The summed E-state index contributed by atoms with van der Waals surface area (Å²) < 4.78 is 10.1. The summed E-state index contributed by atoms with van der Waals surface area (Å²) in [6.45, 7) is 7.22. The lowest BCUT2D eigenvalue weighted by Crippen LogP contribution is -2.26. The van der Waals surface area contributed by atoms with E-state index in [0.717, 1.165) is 5.56 Å². The van der Waals surface area contributed by atoms with Crippen molar-refractivity contribution in [2.45, 2.75) is 33.3 Å². The second-order valence-electron chi connectivity index (χ2n) is 4.71. The molecular formula is C14H16O3. The van der Waals surface area contributed by atoms with Crippen LogP contribution in [0.4, 0.5) is 4.79 Å². The van der Waals surface area contributed by atoms with Crippen molar-refractivity contribution < 1.29 is 14.3 Å². The summed E-state index contributed by atoms with van der Waals surface area (Å²) in [4.78, 5) is 11.5. The Kier molecular flexibility index (Phi) is 3.80. The number of carbonyl (C=O) groups excluding carboxylic acids is 1. The molecule has 0 fully saturated rings. The van der Waals surface area contributed by atoms with Crippen molar-refractivity contribution in [3.05, 3.63) is 29.3 Å². The molecule has 3 nitrogen and oxygen atoms in total. The SMILES string of the molecule is C#Cc1cc(C)ccc1OC(=O)OC(C)(C)C. The highest BCUT2D eigenvalue weighted by Crippen LogP contribution is 2.20. The first-order chi connectivity index (χ1) is 7.81. The number of rotatable bonds is 1. The smallest absolute Gasteiger partial charge is 0.428 e. The van der Waals surface area contributed by atoms with Gasteiger partial charge in [0, 0.05) is 0 Å². The monoisotopic (exact) mass is 232 g/mol. The molecule has 1 aromatic carbocycles. The molecule has 3 heteroatoms. The first-order valence-corrected chi connectivity index (χ1v) is 5.30. The Morgan fingerprint density at radius 1 is 1.35 bits per heavy atom. The maximum Gasteiger partial charge on any atom is 0.514 e. The van der Waals surface area contributed by atoms with Gasteiger partial charge in [-0.1, -0.05) is 12.0 Å². The van der Waals surface area contributed by atoms with E-state index in [1.54, 1.807) is 32.9 Å². The van der Waals surface area contributed by atoms with E-state index < -0.39 is 11.8 Å². The van der Waals surface area contributed by atoms with Crippen LogP contribution in [0.1, 0.15) is 31.9 Å². The molecule has 1 aromatic rings. The summed E-state index contributed by atoms with van der Waals surface area (Å²) >= 11 is 0. The minimum atomic E-state index is -0.752. The Balaban J connectivity index is 2.83. The standard InChI is InChI=1S/C14H16O3/c1-6-11-9-10(2)7-8-12(11)16-13(15)17-14(3,4)5/h1,7-9H,2-5H3. The van der Waals surface area contributed by atoms with E-state index in [9.17, 15) is 4.79 Å². The predicted octanol–water partition coefficient (Wildman–Crippen LogP) is 3.29. The highest BCUT2D eigenvalue weighted by molar-refractivity contribution is 5.66. The minimum Gasteiger partial charge on any atom is -0.428 e. The highest BCUT2D eigenvalue weighted by atomic mass is 16.7. The van der Waals surface area contributed by atoms with E-state index in [1.165, 1.54) is 0 Å². The third-order valence-electron chi connectivity index (χ3n) is 1.87. The van der Waals surface area contributed by atoms with E-state index in [4.69, 9.17) is 15.9 Å². The molecule has 0 atom stereocenters. The first kappa shape index (κ1) is 13.1. The summed E-state index contributed by atoms with van der Waals surface area (Å²) in [5.41, 5.74) is 0.961. The quantitative estimate of drug-likeness (QED) is 0.423. The van der Waals surface area contributed by atoms with Crippen molar-refractivity contribution in [1.29, 1.82) is 0 Å². The van der Waals surface area contributed by atoms with Crippen LogP contribution >= 0.6 is 0 Å². The fourth-order valence-electron chi connectivity index (χ4n) is 1.21. The van der Waals surface area contributed by atoms with Crippen molar-refractivity contribution >= 4 is 6.16 Å². The van der Waals surface area contributed by atoms with Gasteiger partial charge < -0.3 is 9.47 Å². The normalized spacial score (nSPS) is 10.5. The van der Waals surface area contributed by atoms with Crippen LogP contribution in [0.15, 0.2) is 18.2 Å². The van der Waals surface area contributed by atoms with E-state index in [2.05, 4.69) is 5.92 Å². The van der Waals surface area contributed by atoms with Crippen LogP contribution in [0.3, 0.4) is 0 Å². The molecule has 90 valence electrons. The second-order valence-corrected chi connectivity index (χ2v) is 4.71. The summed E-state index contributed by atoms with van der Waals surface area (Å²) in [7, 11) is 0. The number of hydrogen-bond donors (Lipinski definition) is 0. The summed E-state index contributed by atoms with van der Waals surface area (Å²) in [5, 5.41) is 0. The third-order valence-corrected chi connectivity index (χ3v) is 1.87.